The first kappa shape index (κ1) is 14.1. The van der Waals surface area contributed by atoms with Crippen molar-refractivity contribution in [3.8, 4) is 0 Å². The third-order valence-electron chi connectivity index (χ3n) is 2.43. The molecule has 98 valence electrons. The summed E-state index contributed by atoms with van der Waals surface area (Å²) in [5.74, 6) is 0. The number of hydrogen-bond acceptors (Lipinski definition) is 5. The van der Waals surface area contributed by atoms with Crippen LogP contribution in [0.2, 0.25) is 0 Å². The quantitative estimate of drug-likeness (QED) is 0.688. The van der Waals surface area contributed by atoms with E-state index >= 15 is 0 Å². The highest BCUT2D eigenvalue weighted by atomic mass is 32.2. The number of nitrogens with zero attached hydrogens (tertiary/aromatic N) is 3. The van der Waals surface area contributed by atoms with E-state index in [2.05, 4.69) is 10.2 Å². The van der Waals surface area contributed by atoms with Gasteiger partial charge < -0.3 is 10.6 Å². The molecule has 0 spiro atoms. The molecule has 0 aliphatic heterocycles. The van der Waals surface area contributed by atoms with Crippen molar-refractivity contribution in [1.82, 2.24) is 19.4 Å². The van der Waals surface area contributed by atoms with Crippen molar-refractivity contribution < 1.29 is 8.42 Å². The minimum atomic E-state index is -3.53. The van der Waals surface area contributed by atoms with Crippen LogP contribution in [0.5, 0.6) is 0 Å². The molecule has 0 fully saturated rings. The number of nitrogens with one attached hydrogen (secondary N) is 1. The Labute approximate surface area is 102 Å². The molecule has 0 aliphatic carbocycles. The first-order valence-electron chi connectivity index (χ1n) is 5.23. The molecule has 3 N–H and O–H groups in total. The third kappa shape index (κ3) is 3.25. The van der Waals surface area contributed by atoms with E-state index in [1.54, 1.807) is 7.05 Å². The highest BCUT2D eigenvalue weighted by Crippen LogP contribution is 2.15. The van der Waals surface area contributed by atoms with Crippen LogP contribution in [-0.2, 0) is 16.6 Å². The first-order chi connectivity index (χ1) is 7.89. The van der Waals surface area contributed by atoms with Crippen molar-refractivity contribution in [2.45, 2.75) is 11.6 Å². The average Bonchev–Trinajstić information content (AvgIpc) is 2.74. The second kappa shape index (κ2) is 5.58. The summed E-state index contributed by atoms with van der Waals surface area (Å²) < 4.78 is 25.6. The molecule has 1 rings (SSSR count). The second-order valence-corrected chi connectivity index (χ2v) is 6.04. The fourth-order valence-electron chi connectivity index (χ4n) is 1.28. The van der Waals surface area contributed by atoms with Crippen molar-refractivity contribution in [2.75, 3.05) is 34.2 Å². The molecule has 0 saturated carbocycles. The fourth-order valence-corrected chi connectivity index (χ4v) is 2.55. The van der Waals surface area contributed by atoms with Gasteiger partial charge in [-0.1, -0.05) is 0 Å². The molecular formula is C9H19N5O2S. The molecule has 0 aromatic carbocycles. The van der Waals surface area contributed by atoms with Crippen LogP contribution in [0.1, 0.15) is 5.56 Å². The molecule has 0 saturated heterocycles. The summed E-state index contributed by atoms with van der Waals surface area (Å²) in [6.07, 6.45) is 1.44. The summed E-state index contributed by atoms with van der Waals surface area (Å²) in [6, 6.07) is 0. The van der Waals surface area contributed by atoms with Gasteiger partial charge in [0.05, 0.1) is 6.20 Å². The van der Waals surface area contributed by atoms with E-state index in [0.29, 0.717) is 18.7 Å². The number of aromatic nitrogens is 2. The predicted molar refractivity (Wildman–Crippen MR) is 64.8 cm³/mol. The number of sulfonamides is 1. The van der Waals surface area contributed by atoms with Gasteiger partial charge in [0.15, 0.2) is 5.03 Å². The Bertz CT molecular complexity index is 454. The molecule has 7 nitrogen and oxygen atoms in total. The van der Waals surface area contributed by atoms with Crippen molar-refractivity contribution in [2.24, 2.45) is 5.73 Å². The number of hydrogen-bond donors (Lipinski definition) is 2. The zero-order valence-electron chi connectivity index (χ0n) is 10.3. The van der Waals surface area contributed by atoms with Crippen molar-refractivity contribution in [3.05, 3.63) is 11.8 Å². The minimum absolute atomic E-state index is 0.0845. The molecular weight excluding hydrogens is 242 g/mol. The van der Waals surface area contributed by atoms with Crippen LogP contribution in [0.4, 0.5) is 0 Å². The molecule has 0 radical (unpaired) electrons. The van der Waals surface area contributed by atoms with E-state index < -0.39 is 10.0 Å². The first-order valence-corrected chi connectivity index (χ1v) is 6.67. The van der Waals surface area contributed by atoms with E-state index in [1.807, 2.05) is 19.0 Å². The lowest BCUT2D eigenvalue weighted by Gasteiger charge is -2.19. The minimum Gasteiger partial charge on any atom is -0.326 e. The van der Waals surface area contributed by atoms with E-state index in [-0.39, 0.29) is 11.6 Å². The van der Waals surface area contributed by atoms with Gasteiger partial charge in [-0.05, 0) is 14.1 Å². The Morgan fingerprint density at radius 1 is 1.35 bits per heavy atom. The van der Waals surface area contributed by atoms with Crippen molar-refractivity contribution >= 4 is 10.0 Å². The lowest BCUT2D eigenvalue weighted by Crippen LogP contribution is -2.34. The van der Waals surface area contributed by atoms with Crippen molar-refractivity contribution in [3.63, 3.8) is 0 Å². The van der Waals surface area contributed by atoms with Gasteiger partial charge in [-0.3, -0.25) is 5.10 Å². The number of rotatable bonds is 6. The predicted octanol–water partition coefficient (Wildman–Crippen LogP) is -0.949. The van der Waals surface area contributed by atoms with Crippen LogP contribution in [-0.4, -0.2) is 62.1 Å². The summed E-state index contributed by atoms with van der Waals surface area (Å²) in [4.78, 5) is 1.92. The summed E-state index contributed by atoms with van der Waals surface area (Å²) in [5.41, 5.74) is 5.96. The summed E-state index contributed by atoms with van der Waals surface area (Å²) in [7, 11) is 1.80. The summed E-state index contributed by atoms with van der Waals surface area (Å²) in [6.45, 7) is 1.22. The molecule has 0 unspecified atom stereocenters. The normalized spacial score (nSPS) is 12.6. The maximum atomic E-state index is 12.2. The maximum Gasteiger partial charge on any atom is 0.260 e. The Balaban J connectivity index is 2.88. The van der Waals surface area contributed by atoms with E-state index in [0.717, 1.165) is 0 Å². The van der Waals surface area contributed by atoms with E-state index in [1.165, 1.54) is 10.5 Å². The van der Waals surface area contributed by atoms with Crippen LogP contribution in [0.25, 0.3) is 0 Å². The summed E-state index contributed by atoms with van der Waals surface area (Å²) >= 11 is 0. The smallest absolute Gasteiger partial charge is 0.260 e. The van der Waals surface area contributed by atoms with Gasteiger partial charge in [0.1, 0.15) is 0 Å². The maximum absolute atomic E-state index is 12.2. The van der Waals surface area contributed by atoms with Crippen LogP contribution < -0.4 is 5.73 Å². The van der Waals surface area contributed by atoms with Crippen LogP contribution in [0.15, 0.2) is 11.2 Å². The monoisotopic (exact) mass is 261 g/mol. The average molecular weight is 261 g/mol. The largest absolute Gasteiger partial charge is 0.326 e. The number of aromatic amines is 1. The Hall–Kier alpha value is -0.960. The lowest BCUT2D eigenvalue weighted by molar-refractivity contribution is 0.357. The van der Waals surface area contributed by atoms with Crippen molar-refractivity contribution in [1.29, 1.82) is 0 Å². The molecule has 0 atom stereocenters. The molecule has 0 aliphatic rings. The van der Waals surface area contributed by atoms with E-state index in [4.69, 9.17) is 5.73 Å². The Kier molecular flexibility index (Phi) is 4.63. The molecule has 1 heterocycles. The van der Waals surface area contributed by atoms with Gasteiger partial charge in [0, 0.05) is 32.2 Å². The van der Waals surface area contributed by atoms with Gasteiger partial charge in [0.25, 0.3) is 10.0 Å². The number of H-pyrrole nitrogens is 1. The van der Waals surface area contributed by atoms with Crippen LogP contribution in [0, 0.1) is 0 Å². The molecule has 8 heteroatoms. The molecule has 1 aromatic rings. The summed E-state index contributed by atoms with van der Waals surface area (Å²) in [5, 5.41) is 6.29. The van der Waals surface area contributed by atoms with Gasteiger partial charge >= 0.3 is 0 Å². The standard InChI is InChI=1S/C9H19N5O2S/c1-13(2)4-5-14(3)17(15,16)9-8(6-10)7-11-12-9/h7H,4-6,10H2,1-3H3,(H,11,12). The molecule has 0 bridgehead atoms. The SMILES string of the molecule is CN(C)CCN(C)S(=O)(=O)c1[nH]ncc1CN. The third-order valence-corrected chi connectivity index (χ3v) is 4.30. The zero-order chi connectivity index (χ0) is 13.1. The number of nitrogens with two attached hydrogens (primary N) is 1. The van der Waals surface area contributed by atoms with Gasteiger partial charge in [0.2, 0.25) is 0 Å². The highest BCUT2D eigenvalue weighted by Gasteiger charge is 2.25. The van der Waals surface area contributed by atoms with Gasteiger partial charge in [-0.25, -0.2) is 8.42 Å². The van der Waals surface area contributed by atoms with Crippen LogP contribution in [0.3, 0.4) is 0 Å². The lowest BCUT2D eigenvalue weighted by atomic mass is 10.4. The van der Waals surface area contributed by atoms with E-state index in [9.17, 15) is 8.42 Å². The fraction of sp³-hybridized carbons (Fsp3) is 0.667. The van der Waals surface area contributed by atoms with Crippen LogP contribution >= 0.6 is 0 Å². The molecule has 1 aromatic heterocycles. The van der Waals surface area contributed by atoms with Gasteiger partial charge in [-0.2, -0.15) is 9.40 Å². The number of likely N-dealkylation sites (N-methyl/N-ethyl adjacent to an activating group) is 2. The molecule has 17 heavy (non-hydrogen) atoms. The topological polar surface area (TPSA) is 95.3 Å². The zero-order valence-corrected chi connectivity index (χ0v) is 11.2. The second-order valence-electron chi connectivity index (χ2n) is 4.06. The van der Waals surface area contributed by atoms with Gasteiger partial charge in [-0.15, -0.1) is 0 Å². The Morgan fingerprint density at radius 2 is 2.00 bits per heavy atom. The Morgan fingerprint density at radius 3 is 2.53 bits per heavy atom. The molecule has 0 amide bonds. The highest BCUT2D eigenvalue weighted by molar-refractivity contribution is 7.89.